The van der Waals surface area contributed by atoms with Gasteiger partial charge in [-0.25, -0.2) is 0 Å². The van der Waals surface area contributed by atoms with E-state index in [1.165, 1.54) is 27.3 Å². The number of fused-ring (bicyclic) bond motifs is 1. The average molecular weight is 318 g/mol. The van der Waals surface area contributed by atoms with Crippen LogP contribution in [0.3, 0.4) is 0 Å². The lowest BCUT2D eigenvalue weighted by atomic mass is 10.0. The second-order valence-corrected chi connectivity index (χ2v) is 6.95. The second kappa shape index (κ2) is 6.87. The molecule has 1 aliphatic heterocycles. The first-order valence-electron chi connectivity index (χ1n) is 7.50. The number of rotatable bonds is 4. The molecule has 0 radical (unpaired) electrons. The van der Waals surface area contributed by atoms with Crippen molar-refractivity contribution in [2.24, 2.45) is 0 Å². The molecule has 0 saturated carbocycles. The molecule has 1 N–H and O–H groups in total. The molecule has 2 aromatic rings. The first kappa shape index (κ1) is 15.0. The molecule has 0 amide bonds. The molecule has 0 aliphatic carbocycles. The summed E-state index contributed by atoms with van der Waals surface area (Å²) in [7, 11) is 0. The van der Waals surface area contributed by atoms with Crippen LogP contribution in [0.1, 0.15) is 36.1 Å². The van der Waals surface area contributed by atoms with Gasteiger partial charge in [0.05, 0.1) is 0 Å². The minimum atomic E-state index is 0.407. The Bertz CT molecular complexity index is 626. The number of hydrogen-bond acceptors (Lipinski definition) is 2. The van der Waals surface area contributed by atoms with Gasteiger partial charge in [-0.05, 0) is 53.5 Å². The Labute approximate surface area is 136 Å². The van der Waals surface area contributed by atoms with E-state index in [1.54, 1.807) is 0 Å². The molecule has 0 aromatic heterocycles. The van der Waals surface area contributed by atoms with Gasteiger partial charge in [0.15, 0.2) is 0 Å². The van der Waals surface area contributed by atoms with Crippen LogP contribution < -0.4 is 5.32 Å². The summed E-state index contributed by atoms with van der Waals surface area (Å²) in [5, 5.41) is 4.55. The summed E-state index contributed by atoms with van der Waals surface area (Å²) in [5.41, 5.74) is 4.19. The fraction of sp³-hybridized carbons (Fsp3) is 0.333. The van der Waals surface area contributed by atoms with E-state index in [2.05, 4.69) is 48.6 Å². The number of halogens is 1. The van der Waals surface area contributed by atoms with Crippen molar-refractivity contribution in [1.29, 1.82) is 0 Å². The van der Waals surface area contributed by atoms with Crippen molar-refractivity contribution < 1.29 is 0 Å². The van der Waals surface area contributed by atoms with E-state index >= 15 is 0 Å². The highest BCUT2D eigenvalue weighted by Crippen LogP contribution is 2.37. The molecule has 3 heteroatoms. The van der Waals surface area contributed by atoms with Crippen LogP contribution in [0.4, 0.5) is 0 Å². The molecule has 0 saturated heterocycles. The van der Waals surface area contributed by atoms with E-state index in [0.717, 1.165) is 24.4 Å². The molecular formula is C18H20ClNS. The minimum absolute atomic E-state index is 0.407. The van der Waals surface area contributed by atoms with E-state index in [1.807, 2.05) is 17.8 Å². The van der Waals surface area contributed by atoms with Crippen LogP contribution >= 0.6 is 23.4 Å². The van der Waals surface area contributed by atoms with Crippen LogP contribution in [0, 0.1) is 0 Å². The van der Waals surface area contributed by atoms with Crippen molar-refractivity contribution in [2.75, 3.05) is 5.75 Å². The lowest BCUT2D eigenvalue weighted by Crippen LogP contribution is -2.24. The van der Waals surface area contributed by atoms with Gasteiger partial charge in [0.25, 0.3) is 0 Å². The molecule has 1 unspecified atom stereocenters. The van der Waals surface area contributed by atoms with Gasteiger partial charge in [-0.15, -0.1) is 11.8 Å². The maximum Gasteiger partial charge on any atom is 0.0410 e. The van der Waals surface area contributed by atoms with Gasteiger partial charge in [-0.2, -0.15) is 0 Å². The molecular weight excluding hydrogens is 298 g/mol. The quantitative estimate of drug-likeness (QED) is 0.828. The van der Waals surface area contributed by atoms with Crippen LogP contribution in [0.2, 0.25) is 5.02 Å². The monoisotopic (exact) mass is 317 g/mol. The Morgan fingerprint density at radius 3 is 2.81 bits per heavy atom. The molecule has 0 bridgehead atoms. The second-order valence-electron chi connectivity index (χ2n) is 5.38. The van der Waals surface area contributed by atoms with Crippen LogP contribution in [-0.2, 0) is 13.0 Å². The Kier molecular flexibility index (Phi) is 4.89. The molecule has 1 nitrogen and oxygen atoms in total. The van der Waals surface area contributed by atoms with Gasteiger partial charge in [0, 0.05) is 22.5 Å². The predicted molar refractivity (Wildman–Crippen MR) is 92.2 cm³/mol. The fourth-order valence-corrected chi connectivity index (χ4v) is 4.17. The van der Waals surface area contributed by atoms with Gasteiger partial charge in [-0.1, -0.05) is 42.8 Å². The summed E-state index contributed by atoms with van der Waals surface area (Å²) in [4.78, 5) is 1.37. The van der Waals surface area contributed by atoms with E-state index in [0.29, 0.717) is 6.04 Å². The van der Waals surface area contributed by atoms with Gasteiger partial charge >= 0.3 is 0 Å². The maximum absolute atomic E-state index is 6.17. The summed E-state index contributed by atoms with van der Waals surface area (Å²) >= 11 is 8.10. The number of nitrogens with one attached hydrogen (secondary N) is 1. The lowest BCUT2D eigenvalue weighted by molar-refractivity contribution is 0.509. The van der Waals surface area contributed by atoms with Gasteiger partial charge in [0.1, 0.15) is 0 Å². The molecule has 110 valence electrons. The molecule has 1 heterocycles. The summed E-state index contributed by atoms with van der Waals surface area (Å²) < 4.78 is 0. The van der Waals surface area contributed by atoms with Crippen LogP contribution in [0.15, 0.2) is 47.4 Å². The fourth-order valence-electron chi connectivity index (χ4n) is 2.89. The predicted octanol–water partition coefficient (Wildman–Crippen LogP) is 5.23. The van der Waals surface area contributed by atoms with Crippen molar-refractivity contribution in [2.45, 2.75) is 37.2 Å². The maximum atomic E-state index is 6.17. The van der Waals surface area contributed by atoms with E-state index in [-0.39, 0.29) is 0 Å². The zero-order valence-electron chi connectivity index (χ0n) is 12.2. The third kappa shape index (κ3) is 3.45. The van der Waals surface area contributed by atoms with Gasteiger partial charge < -0.3 is 5.32 Å². The highest BCUT2D eigenvalue weighted by atomic mass is 35.5. The van der Waals surface area contributed by atoms with Crippen molar-refractivity contribution in [3.05, 3.63) is 64.2 Å². The number of thioether (sulfide) groups is 1. The normalized spacial score (nSPS) is 17.5. The first-order valence-corrected chi connectivity index (χ1v) is 8.86. The van der Waals surface area contributed by atoms with Crippen molar-refractivity contribution >= 4 is 23.4 Å². The SMILES string of the molecule is CCc1ccccc1CNC1CCSc2ccc(Cl)cc21. The molecule has 3 rings (SSSR count). The zero-order chi connectivity index (χ0) is 14.7. The van der Waals surface area contributed by atoms with Crippen molar-refractivity contribution in [3.8, 4) is 0 Å². The van der Waals surface area contributed by atoms with Crippen molar-refractivity contribution in [1.82, 2.24) is 5.32 Å². The molecule has 0 fully saturated rings. The Balaban J connectivity index is 1.76. The van der Waals surface area contributed by atoms with E-state index < -0.39 is 0 Å². The third-order valence-electron chi connectivity index (χ3n) is 4.05. The lowest BCUT2D eigenvalue weighted by Gasteiger charge is -2.26. The van der Waals surface area contributed by atoms with Crippen LogP contribution in [-0.4, -0.2) is 5.75 Å². The smallest absolute Gasteiger partial charge is 0.0410 e. The Hall–Kier alpha value is -0.960. The van der Waals surface area contributed by atoms with Crippen LogP contribution in [0.25, 0.3) is 0 Å². The standard InChI is InChI=1S/C18H20ClNS/c1-2-13-5-3-4-6-14(13)12-20-17-9-10-21-18-8-7-15(19)11-16(17)18/h3-8,11,17,20H,2,9-10,12H2,1H3. The van der Waals surface area contributed by atoms with Gasteiger partial charge in [0.2, 0.25) is 0 Å². The van der Waals surface area contributed by atoms with E-state index in [9.17, 15) is 0 Å². The summed E-state index contributed by atoms with van der Waals surface area (Å²) in [6.07, 6.45) is 2.24. The van der Waals surface area contributed by atoms with Crippen molar-refractivity contribution in [3.63, 3.8) is 0 Å². The minimum Gasteiger partial charge on any atom is -0.306 e. The highest BCUT2D eigenvalue weighted by Gasteiger charge is 2.20. The average Bonchev–Trinajstić information content (AvgIpc) is 2.53. The molecule has 2 aromatic carbocycles. The summed E-state index contributed by atoms with van der Waals surface area (Å²) in [5.74, 6) is 1.17. The largest absolute Gasteiger partial charge is 0.306 e. The number of benzene rings is 2. The molecule has 0 spiro atoms. The van der Waals surface area contributed by atoms with Gasteiger partial charge in [-0.3, -0.25) is 0 Å². The zero-order valence-corrected chi connectivity index (χ0v) is 13.8. The summed E-state index contributed by atoms with van der Waals surface area (Å²) in [6, 6.07) is 15.3. The highest BCUT2D eigenvalue weighted by molar-refractivity contribution is 7.99. The first-order chi connectivity index (χ1) is 10.3. The Morgan fingerprint density at radius 2 is 2.00 bits per heavy atom. The summed E-state index contributed by atoms with van der Waals surface area (Å²) in [6.45, 7) is 3.14. The number of hydrogen-bond donors (Lipinski definition) is 1. The topological polar surface area (TPSA) is 12.0 Å². The van der Waals surface area contributed by atoms with Crippen LogP contribution in [0.5, 0.6) is 0 Å². The Morgan fingerprint density at radius 1 is 1.19 bits per heavy atom. The molecule has 21 heavy (non-hydrogen) atoms. The molecule has 1 atom stereocenters. The molecule has 1 aliphatic rings. The van der Waals surface area contributed by atoms with E-state index in [4.69, 9.17) is 11.6 Å². The third-order valence-corrected chi connectivity index (χ3v) is 5.41. The number of aryl methyl sites for hydroxylation is 1.